The number of carbonyl (C=O) groups excluding carboxylic acids is 1. The number of fused-ring (bicyclic) bond motifs is 1. The van der Waals surface area contributed by atoms with Gasteiger partial charge in [0.2, 0.25) is 5.91 Å². The predicted octanol–water partition coefficient (Wildman–Crippen LogP) is 1.87. The van der Waals surface area contributed by atoms with Gasteiger partial charge in [-0.15, -0.1) is 12.3 Å². The van der Waals surface area contributed by atoms with Crippen molar-refractivity contribution < 1.29 is 4.79 Å². The van der Waals surface area contributed by atoms with Gasteiger partial charge < -0.3 is 9.88 Å². The minimum absolute atomic E-state index is 0.184. The van der Waals surface area contributed by atoms with Crippen LogP contribution < -0.4 is 10.9 Å². The SMILES string of the molecule is C#CCCC1(CCC(=O)Nc2nn(C)c3cc(C)n(C)c(=O)c23)N=N1. The first-order valence-electron chi connectivity index (χ1n) is 8.07. The highest BCUT2D eigenvalue weighted by atomic mass is 16.2. The van der Waals surface area contributed by atoms with Crippen molar-refractivity contribution in [2.45, 2.75) is 38.3 Å². The molecule has 2 aromatic rings. The first kappa shape index (κ1) is 16.9. The first-order valence-corrected chi connectivity index (χ1v) is 8.07. The summed E-state index contributed by atoms with van der Waals surface area (Å²) in [6.07, 6.45) is 7.23. The predicted molar refractivity (Wildman–Crippen MR) is 94.2 cm³/mol. The molecule has 0 spiro atoms. The molecule has 0 fully saturated rings. The lowest BCUT2D eigenvalue weighted by Crippen LogP contribution is -2.21. The van der Waals surface area contributed by atoms with Crippen LogP contribution in [0.4, 0.5) is 5.82 Å². The zero-order valence-electron chi connectivity index (χ0n) is 14.5. The van der Waals surface area contributed by atoms with Crippen LogP contribution in [-0.2, 0) is 18.9 Å². The lowest BCUT2D eigenvalue weighted by molar-refractivity contribution is -0.116. The van der Waals surface area contributed by atoms with E-state index in [1.54, 1.807) is 18.8 Å². The van der Waals surface area contributed by atoms with Crippen LogP contribution in [0.5, 0.6) is 0 Å². The molecular formula is C17H20N6O2. The monoisotopic (exact) mass is 340 g/mol. The molecule has 0 saturated carbocycles. The standard InChI is InChI=1S/C17H20N6O2/c1-5-6-8-17(20-21-17)9-7-13(24)18-15-14-12(23(4)19-15)10-11(2)22(3)16(14)25/h1,10H,6-9H2,2-4H3,(H,18,19,24). The summed E-state index contributed by atoms with van der Waals surface area (Å²) in [5.74, 6) is 2.62. The number of anilines is 1. The Labute approximate surface area is 144 Å². The molecule has 0 atom stereocenters. The normalized spacial score (nSPS) is 14.5. The maximum atomic E-state index is 12.5. The topological polar surface area (TPSA) is 93.6 Å². The summed E-state index contributed by atoms with van der Waals surface area (Å²) in [7, 11) is 3.44. The van der Waals surface area contributed by atoms with Gasteiger partial charge >= 0.3 is 0 Å². The van der Waals surface area contributed by atoms with Gasteiger partial charge in [-0.05, 0) is 13.0 Å². The number of carbonyl (C=O) groups is 1. The lowest BCUT2D eigenvalue weighted by atomic mass is 10.0. The fourth-order valence-corrected chi connectivity index (χ4v) is 2.80. The molecule has 130 valence electrons. The van der Waals surface area contributed by atoms with E-state index in [4.69, 9.17) is 6.42 Å². The number of amides is 1. The van der Waals surface area contributed by atoms with Crippen molar-refractivity contribution in [3.63, 3.8) is 0 Å². The fourth-order valence-electron chi connectivity index (χ4n) is 2.80. The third-order valence-corrected chi connectivity index (χ3v) is 4.55. The van der Waals surface area contributed by atoms with Crippen LogP contribution in [0.1, 0.15) is 31.4 Å². The van der Waals surface area contributed by atoms with Crippen molar-refractivity contribution in [1.29, 1.82) is 0 Å². The molecule has 0 aliphatic carbocycles. The highest BCUT2D eigenvalue weighted by Crippen LogP contribution is 2.37. The van der Waals surface area contributed by atoms with E-state index in [0.717, 1.165) is 5.69 Å². The number of nitrogens with zero attached hydrogens (tertiary/aromatic N) is 5. The van der Waals surface area contributed by atoms with Gasteiger partial charge in [0.1, 0.15) is 5.39 Å². The molecule has 8 nitrogen and oxygen atoms in total. The van der Waals surface area contributed by atoms with E-state index in [1.165, 1.54) is 4.57 Å². The van der Waals surface area contributed by atoms with Gasteiger partial charge in [-0.1, -0.05) is 0 Å². The van der Waals surface area contributed by atoms with Gasteiger partial charge in [0.05, 0.1) is 5.52 Å². The molecule has 0 aromatic carbocycles. The highest BCUT2D eigenvalue weighted by Gasteiger charge is 2.39. The molecule has 1 aliphatic heterocycles. The van der Waals surface area contributed by atoms with Gasteiger partial charge in [0.15, 0.2) is 11.5 Å². The van der Waals surface area contributed by atoms with Crippen LogP contribution in [0.25, 0.3) is 10.9 Å². The summed E-state index contributed by atoms with van der Waals surface area (Å²) in [4.78, 5) is 24.8. The van der Waals surface area contributed by atoms with Crippen LogP contribution in [0, 0.1) is 19.3 Å². The minimum Gasteiger partial charge on any atom is -0.315 e. The molecule has 2 aromatic heterocycles. The summed E-state index contributed by atoms with van der Waals surface area (Å²) < 4.78 is 3.13. The number of pyridine rings is 1. The number of hydrogen-bond donors (Lipinski definition) is 1. The number of aromatic nitrogens is 3. The number of nitrogens with one attached hydrogen (secondary N) is 1. The van der Waals surface area contributed by atoms with Gasteiger partial charge in [-0.25, -0.2) is 0 Å². The summed E-state index contributed by atoms with van der Waals surface area (Å²) in [5.41, 5.74) is 0.832. The second-order valence-corrected chi connectivity index (χ2v) is 6.32. The Balaban J connectivity index is 1.75. The Morgan fingerprint density at radius 3 is 2.72 bits per heavy atom. The van der Waals surface area contributed by atoms with Crippen LogP contribution >= 0.6 is 0 Å². The van der Waals surface area contributed by atoms with Crippen LogP contribution in [-0.4, -0.2) is 25.9 Å². The van der Waals surface area contributed by atoms with E-state index in [2.05, 4.69) is 26.6 Å². The summed E-state index contributed by atoms with van der Waals surface area (Å²) in [6, 6.07) is 1.87. The zero-order valence-corrected chi connectivity index (χ0v) is 14.5. The molecule has 1 aliphatic rings. The number of rotatable bonds is 6. The first-order chi connectivity index (χ1) is 11.9. The Morgan fingerprint density at radius 1 is 1.36 bits per heavy atom. The van der Waals surface area contributed by atoms with E-state index in [9.17, 15) is 9.59 Å². The molecule has 25 heavy (non-hydrogen) atoms. The van der Waals surface area contributed by atoms with Crippen molar-refractivity contribution >= 4 is 22.6 Å². The molecule has 3 heterocycles. The molecule has 0 saturated heterocycles. The zero-order chi connectivity index (χ0) is 18.2. The summed E-state index contributed by atoms with van der Waals surface area (Å²) >= 11 is 0. The van der Waals surface area contributed by atoms with Crippen molar-refractivity contribution in [3.05, 3.63) is 22.1 Å². The molecule has 0 bridgehead atoms. The van der Waals surface area contributed by atoms with E-state index in [1.807, 2.05) is 13.0 Å². The minimum atomic E-state index is -0.497. The van der Waals surface area contributed by atoms with E-state index in [-0.39, 0.29) is 23.7 Å². The number of terminal acetylenes is 1. The third-order valence-electron chi connectivity index (χ3n) is 4.55. The summed E-state index contributed by atoms with van der Waals surface area (Å²) in [5, 5.41) is 15.5. The number of aryl methyl sites for hydroxylation is 2. The maximum Gasteiger partial charge on any atom is 0.263 e. The van der Waals surface area contributed by atoms with Crippen molar-refractivity contribution in [2.24, 2.45) is 24.3 Å². The molecule has 0 radical (unpaired) electrons. The van der Waals surface area contributed by atoms with Gasteiger partial charge in [-0.2, -0.15) is 15.3 Å². The van der Waals surface area contributed by atoms with Crippen LogP contribution in [0.2, 0.25) is 0 Å². The van der Waals surface area contributed by atoms with E-state index < -0.39 is 5.66 Å². The molecule has 0 unspecified atom stereocenters. The number of hydrogen-bond acceptors (Lipinski definition) is 5. The molecular weight excluding hydrogens is 320 g/mol. The lowest BCUT2D eigenvalue weighted by Gasteiger charge is -2.08. The Bertz CT molecular complexity index is 970. The van der Waals surface area contributed by atoms with Crippen molar-refractivity contribution in [1.82, 2.24) is 14.3 Å². The average Bonchev–Trinajstić information content (AvgIpc) is 3.29. The second-order valence-electron chi connectivity index (χ2n) is 6.32. The van der Waals surface area contributed by atoms with Crippen molar-refractivity contribution in [2.75, 3.05) is 5.32 Å². The van der Waals surface area contributed by atoms with E-state index >= 15 is 0 Å². The van der Waals surface area contributed by atoms with E-state index in [0.29, 0.717) is 30.2 Å². The quantitative estimate of drug-likeness (QED) is 0.814. The van der Waals surface area contributed by atoms with Crippen LogP contribution in [0.3, 0.4) is 0 Å². The van der Waals surface area contributed by atoms with Crippen LogP contribution in [0.15, 0.2) is 21.1 Å². The average molecular weight is 340 g/mol. The molecule has 3 rings (SSSR count). The fraction of sp³-hybridized carbons (Fsp3) is 0.471. The Hall–Kier alpha value is -2.95. The highest BCUT2D eigenvalue weighted by molar-refractivity contribution is 5.99. The Morgan fingerprint density at radius 2 is 2.08 bits per heavy atom. The van der Waals surface area contributed by atoms with Gasteiger partial charge in [0, 0.05) is 45.5 Å². The summed E-state index contributed by atoms with van der Waals surface area (Å²) in [6.45, 7) is 1.85. The second kappa shape index (κ2) is 6.16. The smallest absolute Gasteiger partial charge is 0.263 e. The Kier molecular flexibility index (Phi) is 4.17. The largest absolute Gasteiger partial charge is 0.315 e. The molecule has 1 amide bonds. The van der Waals surface area contributed by atoms with Gasteiger partial charge in [-0.3, -0.25) is 14.3 Å². The molecule has 1 N–H and O–H groups in total. The van der Waals surface area contributed by atoms with Gasteiger partial charge in [0.25, 0.3) is 5.56 Å². The maximum absolute atomic E-state index is 12.5. The van der Waals surface area contributed by atoms with Crippen molar-refractivity contribution in [3.8, 4) is 12.3 Å². The molecule has 8 heteroatoms. The third kappa shape index (κ3) is 3.18.